The molecule has 0 saturated carbocycles. The van der Waals surface area contributed by atoms with Crippen LogP contribution in [0, 0.1) is 0 Å². The summed E-state index contributed by atoms with van der Waals surface area (Å²) >= 11 is 8.42. The van der Waals surface area contributed by atoms with Crippen molar-refractivity contribution in [3.63, 3.8) is 0 Å². The zero-order valence-electron chi connectivity index (χ0n) is 14.6. The van der Waals surface area contributed by atoms with Crippen LogP contribution >= 0.6 is 35.7 Å². The van der Waals surface area contributed by atoms with Gasteiger partial charge >= 0.3 is 0 Å². The average molecular weight is 399 g/mol. The Morgan fingerprint density at radius 3 is 2.50 bits per heavy atom. The second-order valence-electron chi connectivity index (χ2n) is 5.93. The van der Waals surface area contributed by atoms with Crippen LogP contribution < -0.4 is 4.90 Å². The van der Waals surface area contributed by atoms with E-state index >= 15 is 0 Å². The minimum Gasteiger partial charge on any atom is -0.335 e. The van der Waals surface area contributed by atoms with Crippen LogP contribution in [0.1, 0.15) is 13.8 Å². The van der Waals surface area contributed by atoms with E-state index in [-0.39, 0.29) is 5.91 Å². The molecule has 2 aromatic rings. The van der Waals surface area contributed by atoms with Gasteiger partial charge in [0.25, 0.3) is 5.91 Å². The number of anilines is 1. The van der Waals surface area contributed by atoms with Gasteiger partial charge in [-0.1, -0.05) is 66.1 Å². The Morgan fingerprint density at radius 2 is 1.77 bits per heavy atom. The van der Waals surface area contributed by atoms with Crippen molar-refractivity contribution in [1.82, 2.24) is 4.90 Å². The number of amides is 1. The van der Waals surface area contributed by atoms with Crippen LogP contribution in [0.2, 0.25) is 0 Å². The molecule has 6 heteroatoms. The minimum atomic E-state index is 0.00774. The number of carbonyl (C=O) groups excluding carboxylic acids is 1. The third kappa shape index (κ3) is 2.86. The quantitative estimate of drug-likeness (QED) is 0.510. The van der Waals surface area contributed by atoms with Crippen molar-refractivity contribution >= 4 is 62.4 Å². The molecule has 3 nitrogen and oxygen atoms in total. The number of likely N-dealkylation sites (N-methyl/N-ethyl adjacent to an activating group) is 1. The standard InChI is InChI=1S/C20H18N2OS3/c1-3-21-17(12-11-16-19(23)22(4-2)20(24)26-16)25-15-10-9-13-7-5-6-8-14(13)18(15)21/h5-12H,3-4H2,1-2H3. The molecule has 2 aliphatic rings. The van der Waals surface area contributed by atoms with E-state index in [0.29, 0.717) is 15.8 Å². The van der Waals surface area contributed by atoms with E-state index in [1.807, 2.05) is 19.1 Å². The van der Waals surface area contributed by atoms with E-state index in [1.165, 1.54) is 33.1 Å². The average Bonchev–Trinajstić information content (AvgIpc) is 3.16. The Kier molecular flexibility index (Phi) is 4.82. The van der Waals surface area contributed by atoms with Crippen LogP contribution in [0.4, 0.5) is 5.69 Å². The number of allylic oxidation sites excluding steroid dienone is 2. The van der Waals surface area contributed by atoms with Gasteiger partial charge in [0.05, 0.1) is 15.6 Å². The number of thioether (sulfide) groups is 2. The number of thiocarbonyl (C=S) groups is 1. The number of rotatable bonds is 3. The largest absolute Gasteiger partial charge is 0.335 e. The first-order chi connectivity index (χ1) is 12.6. The van der Waals surface area contributed by atoms with Crippen LogP contribution in [-0.2, 0) is 4.79 Å². The van der Waals surface area contributed by atoms with Crippen molar-refractivity contribution < 1.29 is 4.79 Å². The van der Waals surface area contributed by atoms with Crippen LogP contribution in [0.25, 0.3) is 10.8 Å². The molecule has 0 aliphatic carbocycles. The highest BCUT2D eigenvalue weighted by atomic mass is 32.2. The van der Waals surface area contributed by atoms with Gasteiger partial charge in [0.2, 0.25) is 0 Å². The summed E-state index contributed by atoms with van der Waals surface area (Å²) in [6.45, 7) is 5.59. The molecular weight excluding hydrogens is 380 g/mol. The zero-order chi connectivity index (χ0) is 18.3. The molecule has 0 aromatic heterocycles. The highest BCUT2D eigenvalue weighted by Crippen LogP contribution is 2.49. The molecule has 0 atom stereocenters. The summed E-state index contributed by atoms with van der Waals surface area (Å²) in [6.07, 6.45) is 3.96. The van der Waals surface area contributed by atoms with Gasteiger partial charge in [-0.3, -0.25) is 9.69 Å². The van der Waals surface area contributed by atoms with Gasteiger partial charge < -0.3 is 4.90 Å². The molecule has 1 fully saturated rings. The second kappa shape index (κ2) is 7.10. The fraction of sp³-hybridized carbons (Fsp3) is 0.200. The summed E-state index contributed by atoms with van der Waals surface area (Å²) < 4.78 is 0.642. The summed E-state index contributed by atoms with van der Waals surface area (Å²) in [5, 5.41) is 3.65. The molecule has 1 amide bonds. The van der Waals surface area contributed by atoms with Gasteiger partial charge in [0.1, 0.15) is 4.32 Å². The van der Waals surface area contributed by atoms with Crippen LogP contribution in [0.3, 0.4) is 0 Å². The Labute approximate surface area is 167 Å². The number of fused-ring (bicyclic) bond motifs is 3. The van der Waals surface area contributed by atoms with Gasteiger partial charge in [-0.05, 0) is 37.5 Å². The van der Waals surface area contributed by atoms with Crippen LogP contribution in [0.5, 0.6) is 0 Å². The van der Waals surface area contributed by atoms with E-state index in [2.05, 4.69) is 48.2 Å². The first-order valence-corrected chi connectivity index (χ1v) is 10.6. The molecule has 0 N–H and O–H groups in total. The summed E-state index contributed by atoms with van der Waals surface area (Å²) in [5.74, 6) is 0.00774. The van der Waals surface area contributed by atoms with Gasteiger partial charge in [0.15, 0.2) is 0 Å². The molecule has 2 heterocycles. The van der Waals surface area contributed by atoms with Crippen molar-refractivity contribution in [3.05, 3.63) is 58.5 Å². The smallest absolute Gasteiger partial charge is 0.266 e. The Balaban J connectivity index is 1.71. The zero-order valence-corrected chi connectivity index (χ0v) is 17.0. The number of carbonyl (C=O) groups is 1. The van der Waals surface area contributed by atoms with Crippen molar-refractivity contribution in [2.45, 2.75) is 18.7 Å². The fourth-order valence-electron chi connectivity index (χ4n) is 3.25. The number of hydrogen-bond acceptors (Lipinski definition) is 5. The topological polar surface area (TPSA) is 23.6 Å². The predicted octanol–water partition coefficient (Wildman–Crippen LogP) is 5.38. The van der Waals surface area contributed by atoms with Crippen molar-refractivity contribution in [2.75, 3.05) is 18.0 Å². The fourth-order valence-corrected chi connectivity index (χ4v) is 5.72. The lowest BCUT2D eigenvalue weighted by Gasteiger charge is -2.19. The van der Waals surface area contributed by atoms with Gasteiger partial charge in [-0.15, -0.1) is 0 Å². The van der Waals surface area contributed by atoms with Crippen molar-refractivity contribution in [3.8, 4) is 0 Å². The first kappa shape index (κ1) is 17.6. The van der Waals surface area contributed by atoms with Gasteiger partial charge in [-0.25, -0.2) is 0 Å². The molecule has 26 heavy (non-hydrogen) atoms. The van der Waals surface area contributed by atoms with Crippen LogP contribution in [0.15, 0.2) is 63.4 Å². The summed E-state index contributed by atoms with van der Waals surface area (Å²) in [5.41, 5.74) is 1.26. The molecule has 2 aliphatic heterocycles. The minimum absolute atomic E-state index is 0.00774. The van der Waals surface area contributed by atoms with E-state index in [1.54, 1.807) is 16.7 Å². The van der Waals surface area contributed by atoms with E-state index in [9.17, 15) is 4.79 Å². The monoisotopic (exact) mass is 398 g/mol. The normalized spacial score (nSPS) is 20.1. The number of benzene rings is 2. The van der Waals surface area contributed by atoms with Crippen molar-refractivity contribution in [2.24, 2.45) is 0 Å². The van der Waals surface area contributed by atoms with Crippen molar-refractivity contribution in [1.29, 1.82) is 0 Å². The first-order valence-electron chi connectivity index (χ1n) is 8.56. The molecule has 0 radical (unpaired) electrons. The van der Waals surface area contributed by atoms with Gasteiger partial charge in [0, 0.05) is 23.4 Å². The molecule has 1 saturated heterocycles. The summed E-state index contributed by atoms with van der Waals surface area (Å²) in [7, 11) is 0. The Morgan fingerprint density at radius 1 is 1.00 bits per heavy atom. The molecular formula is C20H18N2OS3. The maximum Gasteiger partial charge on any atom is 0.266 e. The van der Waals surface area contributed by atoms with Crippen LogP contribution in [-0.4, -0.2) is 28.2 Å². The maximum atomic E-state index is 12.4. The lowest BCUT2D eigenvalue weighted by atomic mass is 10.1. The summed E-state index contributed by atoms with van der Waals surface area (Å²) in [6, 6.07) is 12.8. The number of hydrogen-bond donors (Lipinski definition) is 0. The highest BCUT2D eigenvalue weighted by Gasteiger charge is 2.31. The third-order valence-electron chi connectivity index (χ3n) is 4.50. The molecule has 0 bridgehead atoms. The summed E-state index contributed by atoms with van der Waals surface area (Å²) in [4.78, 5) is 18.3. The Hall–Kier alpha value is -1.76. The van der Waals surface area contributed by atoms with E-state index in [0.717, 1.165) is 11.6 Å². The third-order valence-corrected chi connectivity index (χ3v) is 7.01. The van der Waals surface area contributed by atoms with E-state index < -0.39 is 0 Å². The van der Waals surface area contributed by atoms with Gasteiger partial charge in [-0.2, -0.15) is 0 Å². The molecule has 4 rings (SSSR count). The SMILES string of the molecule is CCN1C(=O)C(=CC=C2Sc3ccc4ccccc4c3N2CC)SC1=S. The molecule has 132 valence electrons. The van der Waals surface area contributed by atoms with E-state index in [4.69, 9.17) is 12.2 Å². The highest BCUT2D eigenvalue weighted by molar-refractivity contribution is 8.26. The molecule has 0 spiro atoms. The number of nitrogens with zero attached hydrogens (tertiary/aromatic N) is 2. The molecule has 2 aromatic carbocycles. The lowest BCUT2D eigenvalue weighted by Crippen LogP contribution is -2.27. The Bertz CT molecular complexity index is 980. The lowest BCUT2D eigenvalue weighted by molar-refractivity contribution is -0.122. The molecule has 0 unspecified atom stereocenters. The maximum absolute atomic E-state index is 12.4. The second-order valence-corrected chi connectivity index (χ2v) is 8.67. The predicted molar refractivity (Wildman–Crippen MR) is 117 cm³/mol.